The zero-order valence-electron chi connectivity index (χ0n) is 13.6. The molecule has 0 atom stereocenters. The second kappa shape index (κ2) is 7.48. The fourth-order valence-electron chi connectivity index (χ4n) is 2.04. The molecule has 0 saturated carbocycles. The van der Waals surface area contributed by atoms with Crippen molar-refractivity contribution >= 4 is 27.6 Å². The third-order valence-corrected chi connectivity index (χ3v) is 4.69. The summed E-state index contributed by atoms with van der Waals surface area (Å²) < 4.78 is 62.6. The molecule has 0 bridgehead atoms. The molecule has 0 aliphatic heterocycles. The highest BCUT2D eigenvalue weighted by molar-refractivity contribution is 7.92. The topological polar surface area (TPSA) is 98.8 Å². The number of ether oxygens (including phenoxy) is 2. The molecule has 0 saturated heterocycles. The summed E-state index contributed by atoms with van der Waals surface area (Å²) in [6.45, 7) is 0. The molecule has 0 aromatic heterocycles. The first-order chi connectivity index (χ1) is 12.2. The molecule has 0 spiro atoms. The Morgan fingerprint density at radius 3 is 2.15 bits per heavy atom. The van der Waals surface area contributed by atoms with Crippen LogP contribution in [0.25, 0.3) is 0 Å². The lowest BCUT2D eigenvalue weighted by Gasteiger charge is -2.12. The van der Waals surface area contributed by atoms with Crippen molar-refractivity contribution in [3.05, 3.63) is 59.2 Å². The molecule has 2 aromatic rings. The Hall–Kier alpha value is -3.01. The smallest absolute Gasteiger partial charge is 0.339 e. The van der Waals surface area contributed by atoms with E-state index in [0.29, 0.717) is 6.07 Å². The Balaban J connectivity index is 2.56. The van der Waals surface area contributed by atoms with E-state index in [2.05, 4.69) is 9.47 Å². The molecule has 0 unspecified atom stereocenters. The predicted molar refractivity (Wildman–Crippen MR) is 86.3 cm³/mol. The van der Waals surface area contributed by atoms with E-state index in [4.69, 9.17) is 0 Å². The van der Waals surface area contributed by atoms with Crippen LogP contribution in [0, 0.1) is 11.6 Å². The number of esters is 2. The molecule has 0 amide bonds. The van der Waals surface area contributed by atoms with E-state index in [-0.39, 0.29) is 16.8 Å². The molecule has 2 rings (SSSR count). The number of carbonyl (C=O) groups excluding carboxylic acids is 2. The van der Waals surface area contributed by atoms with E-state index in [1.807, 2.05) is 4.72 Å². The van der Waals surface area contributed by atoms with Crippen LogP contribution in [0.2, 0.25) is 0 Å². The minimum Gasteiger partial charge on any atom is -0.465 e. The summed E-state index contributed by atoms with van der Waals surface area (Å²) in [6, 6.07) is 5.55. The van der Waals surface area contributed by atoms with Gasteiger partial charge in [-0.1, -0.05) is 0 Å². The van der Waals surface area contributed by atoms with Crippen molar-refractivity contribution in [2.75, 3.05) is 18.9 Å². The van der Waals surface area contributed by atoms with Gasteiger partial charge in [0.15, 0.2) is 11.6 Å². The van der Waals surface area contributed by atoms with Gasteiger partial charge in [-0.3, -0.25) is 4.72 Å². The highest BCUT2D eigenvalue weighted by atomic mass is 32.2. The first-order valence-corrected chi connectivity index (χ1v) is 8.46. The first-order valence-electron chi connectivity index (χ1n) is 6.98. The highest BCUT2D eigenvalue weighted by Crippen LogP contribution is 2.23. The van der Waals surface area contributed by atoms with Crippen LogP contribution in [0.3, 0.4) is 0 Å². The molecule has 1 N–H and O–H groups in total. The average Bonchev–Trinajstić information content (AvgIpc) is 2.62. The summed E-state index contributed by atoms with van der Waals surface area (Å²) in [7, 11) is -2.29. The molecular formula is C16H13F2NO6S. The summed E-state index contributed by atoms with van der Waals surface area (Å²) in [6.07, 6.45) is 0. The largest absolute Gasteiger partial charge is 0.465 e. The zero-order valence-corrected chi connectivity index (χ0v) is 14.4. The van der Waals surface area contributed by atoms with Crippen LogP contribution < -0.4 is 4.72 Å². The van der Waals surface area contributed by atoms with Gasteiger partial charge >= 0.3 is 11.9 Å². The van der Waals surface area contributed by atoms with Crippen LogP contribution in [0.15, 0.2) is 41.3 Å². The minimum atomic E-state index is -4.44. The normalized spacial score (nSPS) is 10.9. The van der Waals surface area contributed by atoms with Crippen LogP contribution in [-0.4, -0.2) is 34.6 Å². The number of nitrogens with one attached hydrogen (secondary N) is 1. The van der Waals surface area contributed by atoms with Gasteiger partial charge in [-0.15, -0.1) is 0 Å². The SMILES string of the molecule is COC(=O)c1ccc(C(=O)OC)c(S(=O)(=O)Nc2ccc(F)c(F)c2)c1. The molecule has 0 heterocycles. The van der Waals surface area contributed by atoms with Gasteiger partial charge in [-0.2, -0.15) is 0 Å². The van der Waals surface area contributed by atoms with Gasteiger partial charge in [-0.05, 0) is 30.3 Å². The Morgan fingerprint density at radius 1 is 0.923 bits per heavy atom. The molecule has 26 heavy (non-hydrogen) atoms. The number of rotatable bonds is 5. The lowest BCUT2D eigenvalue weighted by Crippen LogP contribution is -2.19. The van der Waals surface area contributed by atoms with E-state index in [1.54, 1.807) is 0 Å². The molecule has 2 aromatic carbocycles. The standard InChI is InChI=1S/C16H13F2NO6S/c1-24-15(20)9-3-5-11(16(21)25-2)14(7-9)26(22,23)19-10-4-6-12(17)13(18)8-10/h3-8,19H,1-2H3. The number of anilines is 1. The summed E-state index contributed by atoms with van der Waals surface area (Å²) >= 11 is 0. The summed E-state index contributed by atoms with van der Waals surface area (Å²) in [5.74, 6) is -4.21. The lowest BCUT2D eigenvalue weighted by molar-refractivity contribution is 0.0583. The van der Waals surface area contributed by atoms with Crippen molar-refractivity contribution < 1.29 is 36.3 Å². The van der Waals surface area contributed by atoms with Gasteiger partial charge in [0, 0.05) is 6.07 Å². The molecule has 138 valence electrons. The Bertz CT molecular complexity index is 975. The van der Waals surface area contributed by atoms with E-state index < -0.39 is 38.5 Å². The predicted octanol–water partition coefficient (Wildman–Crippen LogP) is 2.34. The number of halogens is 2. The fraction of sp³-hybridized carbons (Fsp3) is 0.125. The van der Waals surface area contributed by atoms with Crippen molar-refractivity contribution in [3.8, 4) is 0 Å². The van der Waals surface area contributed by atoms with Crippen molar-refractivity contribution in [3.63, 3.8) is 0 Å². The maximum atomic E-state index is 13.3. The van der Waals surface area contributed by atoms with Gasteiger partial charge < -0.3 is 9.47 Å². The minimum absolute atomic E-state index is 0.134. The van der Waals surface area contributed by atoms with Crippen molar-refractivity contribution in [2.45, 2.75) is 4.90 Å². The van der Waals surface area contributed by atoms with Gasteiger partial charge in [0.2, 0.25) is 0 Å². The van der Waals surface area contributed by atoms with Gasteiger partial charge in [0.05, 0.1) is 31.0 Å². The molecule has 0 fully saturated rings. The average molecular weight is 385 g/mol. The third-order valence-electron chi connectivity index (χ3n) is 3.27. The maximum absolute atomic E-state index is 13.3. The Labute approximate surface area is 147 Å². The number of carbonyl (C=O) groups is 2. The second-order valence-electron chi connectivity index (χ2n) is 4.93. The second-order valence-corrected chi connectivity index (χ2v) is 6.58. The van der Waals surface area contributed by atoms with Crippen LogP contribution in [0.4, 0.5) is 14.5 Å². The summed E-state index contributed by atoms with van der Waals surface area (Å²) in [5, 5.41) is 0. The molecular weight excluding hydrogens is 372 g/mol. The van der Waals surface area contributed by atoms with Gasteiger partial charge in [0.1, 0.15) is 4.90 Å². The van der Waals surface area contributed by atoms with E-state index >= 15 is 0 Å². The Morgan fingerprint density at radius 2 is 1.58 bits per heavy atom. The number of benzene rings is 2. The van der Waals surface area contributed by atoms with Crippen molar-refractivity contribution in [1.82, 2.24) is 0 Å². The van der Waals surface area contributed by atoms with Crippen molar-refractivity contribution in [2.24, 2.45) is 0 Å². The Kier molecular flexibility index (Phi) is 5.56. The first kappa shape index (κ1) is 19.3. The lowest BCUT2D eigenvalue weighted by atomic mass is 10.1. The molecule has 7 nitrogen and oxygen atoms in total. The van der Waals surface area contributed by atoms with E-state index in [9.17, 15) is 26.8 Å². The van der Waals surface area contributed by atoms with Gasteiger partial charge in [0.25, 0.3) is 10.0 Å². The molecule has 0 radical (unpaired) electrons. The highest BCUT2D eigenvalue weighted by Gasteiger charge is 2.25. The number of methoxy groups -OCH3 is 2. The summed E-state index contributed by atoms with van der Waals surface area (Å²) in [4.78, 5) is 22.9. The number of sulfonamides is 1. The molecule has 0 aliphatic carbocycles. The number of hydrogen-bond donors (Lipinski definition) is 1. The van der Waals surface area contributed by atoms with E-state index in [0.717, 1.165) is 38.5 Å². The quantitative estimate of drug-likeness (QED) is 0.794. The van der Waals surface area contributed by atoms with Crippen LogP contribution in [0.5, 0.6) is 0 Å². The van der Waals surface area contributed by atoms with Crippen LogP contribution in [0.1, 0.15) is 20.7 Å². The van der Waals surface area contributed by atoms with Crippen LogP contribution >= 0.6 is 0 Å². The monoisotopic (exact) mass is 385 g/mol. The fourth-order valence-corrected chi connectivity index (χ4v) is 3.31. The third kappa shape index (κ3) is 3.97. The maximum Gasteiger partial charge on any atom is 0.339 e. The molecule has 10 heteroatoms. The van der Waals surface area contributed by atoms with Gasteiger partial charge in [-0.25, -0.2) is 26.8 Å². The molecule has 0 aliphatic rings. The van der Waals surface area contributed by atoms with E-state index in [1.165, 1.54) is 6.07 Å². The van der Waals surface area contributed by atoms with Crippen molar-refractivity contribution in [1.29, 1.82) is 0 Å². The summed E-state index contributed by atoms with van der Waals surface area (Å²) in [5.41, 5.74) is -0.760. The number of hydrogen-bond acceptors (Lipinski definition) is 6. The zero-order chi connectivity index (χ0) is 19.5. The van der Waals surface area contributed by atoms with Crippen LogP contribution in [-0.2, 0) is 19.5 Å².